The fourth-order valence-electron chi connectivity index (χ4n) is 1.78. The normalized spacial score (nSPS) is 10.1. The molecule has 2 aromatic rings. The van der Waals surface area contributed by atoms with Gasteiger partial charge in [0.05, 0.1) is 0 Å². The van der Waals surface area contributed by atoms with Crippen molar-refractivity contribution in [2.75, 3.05) is 10.6 Å². The fraction of sp³-hybridized carbons (Fsp3) is 0.200. The van der Waals surface area contributed by atoms with Crippen LogP contribution in [0.2, 0.25) is 0 Å². The lowest BCUT2D eigenvalue weighted by atomic mass is 10.2. The van der Waals surface area contributed by atoms with Crippen molar-refractivity contribution in [1.29, 1.82) is 0 Å². The Labute approximate surface area is 136 Å². The molecule has 0 radical (unpaired) electrons. The molecule has 2 amide bonds. The number of carboxylic acids is 1. The first-order valence-corrected chi connectivity index (χ1v) is 7.75. The highest BCUT2D eigenvalue weighted by molar-refractivity contribution is 7.13. The van der Waals surface area contributed by atoms with E-state index in [0.29, 0.717) is 16.4 Å². The van der Waals surface area contributed by atoms with Crippen molar-refractivity contribution < 1.29 is 19.5 Å². The third-order valence-electron chi connectivity index (χ3n) is 2.88. The zero-order chi connectivity index (χ0) is 16.7. The molecule has 1 aromatic carbocycles. The predicted molar refractivity (Wildman–Crippen MR) is 86.6 cm³/mol. The Kier molecular flexibility index (Phi) is 5.81. The largest absolute Gasteiger partial charge is 0.481 e. The number of benzene rings is 1. The lowest BCUT2D eigenvalue weighted by Crippen LogP contribution is -2.13. The number of nitrogens with one attached hydrogen (secondary N) is 2. The molecule has 0 spiro atoms. The smallest absolute Gasteiger partial charge is 0.303 e. The third-order valence-corrected chi connectivity index (χ3v) is 3.57. The van der Waals surface area contributed by atoms with Crippen LogP contribution in [0.1, 0.15) is 29.6 Å². The van der Waals surface area contributed by atoms with Crippen molar-refractivity contribution in [2.24, 2.45) is 0 Å². The number of nitrogens with zero attached hydrogens (tertiary/aromatic N) is 1. The molecule has 0 aliphatic rings. The summed E-state index contributed by atoms with van der Waals surface area (Å²) in [7, 11) is 0. The van der Waals surface area contributed by atoms with Crippen molar-refractivity contribution in [1.82, 2.24) is 4.98 Å². The SMILES string of the molecule is O=C(O)CCCC(=O)Nc1ccc(C(=O)Nc2nccs2)cc1. The van der Waals surface area contributed by atoms with E-state index in [0.717, 1.165) is 0 Å². The van der Waals surface area contributed by atoms with Gasteiger partial charge in [-0.25, -0.2) is 4.98 Å². The Hall–Kier alpha value is -2.74. The Morgan fingerprint density at radius 2 is 1.83 bits per heavy atom. The van der Waals surface area contributed by atoms with Crippen LogP contribution in [0.5, 0.6) is 0 Å². The zero-order valence-electron chi connectivity index (χ0n) is 12.1. The topological polar surface area (TPSA) is 108 Å². The minimum Gasteiger partial charge on any atom is -0.481 e. The van der Waals surface area contributed by atoms with E-state index in [1.54, 1.807) is 35.8 Å². The van der Waals surface area contributed by atoms with Gasteiger partial charge < -0.3 is 10.4 Å². The van der Waals surface area contributed by atoms with E-state index in [9.17, 15) is 14.4 Å². The van der Waals surface area contributed by atoms with E-state index in [1.807, 2.05) is 0 Å². The maximum atomic E-state index is 12.0. The molecule has 8 heteroatoms. The minimum atomic E-state index is -0.923. The van der Waals surface area contributed by atoms with E-state index in [4.69, 9.17) is 5.11 Å². The number of anilines is 2. The average Bonchev–Trinajstić information content (AvgIpc) is 3.00. The van der Waals surface area contributed by atoms with Gasteiger partial charge in [0.15, 0.2) is 5.13 Å². The van der Waals surface area contributed by atoms with E-state index < -0.39 is 5.97 Å². The summed E-state index contributed by atoms with van der Waals surface area (Å²) >= 11 is 1.33. The van der Waals surface area contributed by atoms with E-state index in [1.165, 1.54) is 11.3 Å². The molecule has 0 atom stereocenters. The van der Waals surface area contributed by atoms with Crippen LogP contribution in [0.15, 0.2) is 35.8 Å². The second-order valence-corrected chi connectivity index (χ2v) is 5.56. The molecule has 7 nitrogen and oxygen atoms in total. The highest BCUT2D eigenvalue weighted by Crippen LogP contribution is 2.14. The molecule has 3 N–H and O–H groups in total. The summed E-state index contributed by atoms with van der Waals surface area (Å²) in [5, 5.41) is 16.1. The first-order valence-electron chi connectivity index (χ1n) is 6.87. The maximum absolute atomic E-state index is 12.0. The van der Waals surface area contributed by atoms with Crippen molar-refractivity contribution in [3.63, 3.8) is 0 Å². The second-order valence-electron chi connectivity index (χ2n) is 4.66. The molecular weight excluding hydrogens is 318 g/mol. The standard InChI is InChI=1S/C15H15N3O4S/c19-12(2-1-3-13(20)21)17-11-6-4-10(5-7-11)14(22)18-15-16-8-9-23-15/h4-9H,1-3H2,(H,17,19)(H,20,21)(H,16,18,22). The summed E-state index contributed by atoms with van der Waals surface area (Å²) in [4.78, 5) is 37.9. The van der Waals surface area contributed by atoms with Gasteiger partial charge in [-0.05, 0) is 30.7 Å². The van der Waals surface area contributed by atoms with Crippen molar-refractivity contribution >= 4 is 39.9 Å². The quantitative estimate of drug-likeness (QED) is 0.721. The predicted octanol–water partition coefficient (Wildman–Crippen LogP) is 2.59. The number of aliphatic carboxylic acids is 1. The van der Waals surface area contributed by atoms with Gasteiger partial charge in [0.25, 0.3) is 5.91 Å². The summed E-state index contributed by atoms with van der Waals surface area (Å²) in [5.41, 5.74) is 1.00. The van der Waals surface area contributed by atoms with Crippen LogP contribution in [0.4, 0.5) is 10.8 Å². The van der Waals surface area contributed by atoms with Gasteiger partial charge in [0.1, 0.15) is 0 Å². The number of carbonyl (C=O) groups is 3. The van der Waals surface area contributed by atoms with Crippen LogP contribution in [0.25, 0.3) is 0 Å². The Bertz CT molecular complexity index is 683. The van der Waals surface area contributed by atoms with Crippen molar-refractivity contribution in [3.05, 3.63) is 41.4 Å². The molecular formula is C15H15N3O4S. The number of rotatable bonds is 7. The number of thiazole rings is 1. The molecule has 0 saturated carbocycles. The molecule has 0 aliphatic carbocycles. The van der Waals surface area contributed by atoms with Crippen molar-refractivity contribution in [3.8, 4) is 0 Å². The Morgan fingerprint density at radius 3 is 2.43 bits per heavy atom. The number of aromatic nitrogens is 1. The molecule has 0 unspecified atom stereocenters. The summed E-state index contributed by atoms with van der Waals surface area (Å²) < 4.78 is 0. The summed E-state index contributed by atoms with van der Waals surface area (Å²) in [6, 6.07) is 6.42. The van der Waals surface area contributed by atoms with Crippen molar-refractivity contribution in [2.45, 2.75) is 19.3 Å². The molecule has 120 valence electrons. The van der Waals surface area contributed by atoms with Gasteiger partial charge in [-0.15, -0.1) is 11.3 Å². The van der Waals surface area contributed by atoms with E-state index in [-0.39, 0.29) is 31.1 Å². The molecule has 0 aliphatic heterocycles. The third kappa shape index (κ3) is 5.51. The summed E-state index contributed by atoms with van der Waals surface area (Å²) in [5.74, 6) is -1.46. The maximum Gasteiger partial charge on any atom is 0.303 e. The number of carboxylic acid groups (broad SMARTS) is 1. The fourth-order valence-corrected chi connectivity index (χ4v) is 2.31. The molecule has 0 fully saturated rings. The number of carbonyl (C=O) groups excluding carboxylic acids is 2. The Morgan fingerprint density at radius 1 is 1.09 bits per heavy atom. The molecule has 0 bridgehead atoms. The number of hydrogen-bond donors (Lipinski definition) is 3. The first kappa shape index (κ1) is 16.6. The average molecular weight is 333 g/mol. The van der Waals surface area contributed by atoms with E-state index in [2.05, 4.69) is 15.6 Å². The zero-order valence-corrected chi connectivity index (χ0v) is 12.9. The number of amides is 2. The van der Waals surface area contributed by atoms with Gasteiger partial charge in [-0.1, -0.05) is 0 Å². The summed E-state index contributed by atoms with van der Waals surface area (Å²) in [6.07, 6.45) is 1.99. The summed E-state index contributed by atoms with van der Waals surface area (Å²) in [6.45, 7) is 0. The lowest BCUT2D eigenvalue weighted by molar-refractivity contribution is -0.137. The second kappa shape index (κ2) is 8.04. The van der Waals surface area contributed by atoms with Gasteiger partial charge in [0.2, 0.25) is 5.91 Å². The lowest BCUT2D eigenvalue weighted by Gasteiger charge is -2.06. The molecule has 1 heterocycles. The molecule has 0 saturated heterocycles. The number of hydrogen-bond acceptors (Lipinski definition) is 5. The Balaban J connectivity index is 1.85. The van der Waals surface area contributed by atoms with Gasteiger partial charge in [0, 0.05) is 35.7 Å². The molecule has 23 heavy (non-hydrogen) atoms. The molecule has 1 aromatic heterocycles. The van der Waals surface area contributed by atoms with E-state index >= 15 is 0 Å². The minimum absolute atomic E-state index is 0.0384. The monoisotopic (exact) mass is 333 g/mol. The van der Waals surface area contributed by atoms with Crippen LogP contribution < -0.4 is 10.6 Å². The van der Waals surface area contributed by atoms with Crippen LogP contribution >= 0.6 is 11.3 Å². The van der Waals surface area contributed by atoms with Crippen LogP contribution in [-0.4, -0.2) is 27.9 Å². The van der Waals surface area contributed by atoms with Gasteiger partial charge in [-0.2, -0.15) is 0 Å². The van der Waals surface area contributed by atoms with Gasteiger partial charge in [-0.3, -0.25) is 19.7 Å². The van der Waals surface area contributed by atoms with Crippen LogP contribution in [-0.2, 0) is 9.59 Å². The van der Waals surface area contributed by atoms with Gasteiger partial charge >= 0.3 is 5.97 Å². The van der Waals surface area contributed by atoms with Crippen LogP contribution in [0, 0.1) is 0 Å². The molecule has 2 rings (SSSR count). The van der Waals surface area contributed by atoms with Crippen LogP contribution in [0.3, 0.4) is 0 Å². The first-order chi connectivity index (χ1) is 11.0. The highest BCUT2D eigenvalue weighted by Gasteiger charge is 2.08. The highest BCUT2D eigenvalue weighted by atomic mass is 32.1.